The van der Waals surface area contributed by atoms with Crippen molar-refractivity contribution in [3.63, 3.8) is 0 Å². The summed E-state index contributed by atoms with van der Waals surface area (Å²) in [4.78, 5) is 32.3. The fourth-order valence-electron chi connectivity index (χ4n) is 2.72. The lowest BCUT2D eigenvalue weighted by Gasteiger charge is -2.11. The maximum atomic E-state index is 12.0. The van der Waals surface area contributed by atoms with Crippen LogP contribution < -0.4 is 10.8 Å². The Labute approximate surface area is 183 Å². The Hall–Kier alpha value is -4.10. The standard InChI is InChI=1S/C23H20N4O5/c28-14-19(29)12-22(30)26-21-11-18(23(31)27-32)10-20(25-21)17-7-5-15(6-8-17)3-4-16-2-1-9-24-13-16/h1-2,5-11,13,19,28-29,32H,12,14H2,(H,27,31)(H,25,26,30). The van der Waals surface area contributed by atoms with E-state index in [1.54, 1.807) is 48.2 Å². The summed E-state index contributed by atoms with van der Waals surface area (Å²) in [7, 11) is 0. The van der Waals surface area contributed by atoms with Gasteiger partial charge in [-0.3, -0.25) is 19.8 Å². The van der Waals surface area contributed by atoms with Crippen LogP contribution in [0.1, 0.15) is 27.9 Å². The van der Waals surface area contributed by atoms with Crippen molar-refractivity contribution in [2.45, 2.75) is 12.5 Å². The number of nitrogens with zero attached hydrogens (tertiary/aromatic N) is 2. The first-order chi connectivity index (χ1) is 15.5. The molecule has 3 aromatic rings. The second kappa shape index (κ2) is 10.8. The monoisotopic (exact) mass is 432 g/mol. The fourth-order valence-corrected chi connectivity index (χ4v) is 2.72. The van der Waals surface area contributed by atoms with Gasteiger partial charge in [-0.25, -0.2) is 10.5 Å². The van der Waals surface area contributed by atoms with E-state index >= 15 is 0 Å². The van der Waals surface area contributed by atoms with Crippen molar-refractivity contribution >= 4 is 17.6 Å². The predicted molar refractivity (Wildman–Crippen MR) is 115 cm³/mol. The van der Waals surface area contributed by atoms with E-state index in [-0.39, 0.29) is 17.8 Å². The smallest absolute Gasteiger partial charge is 0.274 e. The molecule has 0 aliphatic carbocycles. The number of carbonyl (C=O) groups is 2. The van der Waals surface area contributed by atoms with Gasteiger partial charge in [0.1, 0.15) is 5.82 Å². The average molecular weight is 432 g/mol. The van der Waals surface area contributed by atoms with Gasteiger partial charge in [-0.2, -0.15) is 0 Å². The molecule has 3 rings (SSSR count). The Kier molecular flexibility index (Phi) is 7.61. The van der Waals surface area contributed by atoms with Crippen LogP contribution in [0, 0.1) is 11.8 Å². The van der Waals surface area contributed by atoms with Gasteiger partial charge in [-0.15, -0.1) is 0 Å². The summed E-state index contributed by atoms with van der Waals surface area (Å²) >= 11 is 0. The van der Waals surface area contributed by atoms with Gasteiger partial charge < -0.3 is 15.5 Å². The number of hydrogen-bond donors (Lipinski definition) is 5. The van der Waals surface area contributed by atoms with Crippen molar-refractivity contribution in [3.05, 3.63) is 77.6 Å². The van der Waals surface area contributed by atoms with Crippen LogP contribution in [0.3, 0.4) is 0 Å². The van der Waals surface area contributed by atoms with Gasteiger partial charge >= 0.3 is 0 Å². The number of rotatable bonds is 6. The van der Waals surface area contributed by atoms with E-state index in [1.165, 1.54) is 12.1 Å². The number of anilines is 1. The van der Waals surface area contributed by atoms with Gasteiger partial charge in [0.05, 0.1) is 24.8 Å². The maximum absolute atomic E-state index is 12.0. The molecule has 0 radical (unpaired) electrons. The Morgan fingerprint density at radius 1 is 1.06 bits per heavy atom. The number of benzene rings is 1. The molecule has 1 aromatic carbocycles. The van der Waals surface area contributed by atoms with Crippen molar-refractivity contribution in [1.29, 1.82) is 0 Å². The van der Waals surface area contributed by atoms with Gasteiger partial charge in [-0.05, 0) is 36.4 Å². The van der Waals surface area contributed by atoms with Crippen LogP contribution in [0.2, 0.25) is 0 Å². The number of carbonyl (C=O) groups excluding carboxylic acids is 2. The molecular formula is C23H20N4O5. The zero-order valence-electron chi connectivity index (χ0n) is 16.8. The number of aliphatic hydroxyl groups is 2. The average Bonchev–Trinajstić information content (AvgIpc) is 2.82. The predicted octanol–water partition coefficient (Wildman–Crippen LogP) is 1.34. The number of pyridine rings is 2. The summed E-state index contributed by atoms with van der Waals surface area (Å²) in [6.45, 7) is -0.560. The van der Waals surface area contributed by atoms with E-state index in [1.807, 2.05) is 6.07 Å². The lowest BCUT2D eigenvalue weighted by atomic mass is 10.1. The van der Waals surface area contributed by atoms with Crippen LogP contribution in [0.5, 0.6) is 0 Å². The van der Waals surface area contributed by atoms with Gasteiger partial charge in [0.2, 0.25) is 5.91 Å². The van der Waals surface area contributed by atoms with Crippen molar-refractivity contribution in [2.75, 3.05) is 11.9 Å². The minimum Gasteiger partial charge on any atom is -0.394 e. The quantitative estimate of drug-likeness (QED) is 0.225. The van der Waals surface area contributed by atoms with E-state index in [9.17, 15) is 14.7 Å². The highest BCUT2D eigenvalue weighted by Gasteiger charge is 2.14. The first kappa shape index (κ1) is 22.6. The molecule has 0 bridgehead atoms. The van der Waals surface area contributed by atoms with E-state index in [0.29, 0.717) is 11.3 Å². The Morgan fingerprint density at radius 2 is 1.81 bits per heavy atom. The maximum Gasteiger partial charge on any atom is 0.274 e. The number of aromatic nitrogens is 2. The summed E-state index contributed by atoms with van der Waals surface area (Å²) < 4.78 is 0. The molecule has 0 saturated heterocycles. The van der Waals surface area contributed by atoms with Crippen LogP contribution in [0.25, 0.3) is 11.3 Å². The highest BCUT2D eigenvalue weighted by molar-refractivity contribution is 5.97. The summed E-state index contributed by atoms with van der Waals surface area (Å²) in [6, 6.07) is 13.5. The molecular weight excluding hydrogens is 412 g/mol. The molecule has 5 N–H and O–H groups in total. The molecule has 0 aliphatic heterocycles. The van der Waals surface area contributed by atoms with E-state index in [0.717, 1.165) is 11.1 Å². The number of aliphatic hydroxyl groups excluding tert-OH is 2. The lowest BCUT2D eigenvalue weighted by Crippen LogP contribution is -2.23. The van der Waals surface area contributed by atoms with Crippen LogP contribution >= 0.6 is 0 Å². The van der Waals surface area contributed by atoms with E-state index in [2.05, 4.69) is 27.1 Å². The molecule has 2 heterocycles. The molecule has 0 saturated carbocycles. The minimum absolute atomic E-state index is 0.0525. The van der Waals surface area contributed by atoms with Crippen molar-refractivity contribution in [2.24, 2.45) is 0 Å². The summed E-state index contributed by atoms with van der Waals surface area (Å²) in [6.07, 6.45) is 1.79. The molecule has 0 spiro atoms. The van der Waals surface area contributed by atoms with Crippen molar-refractivity contribution in [3.8, 4) is 23.1 Å². The normalized spacial score (nSPS) is 11.1. The van der Waals surface area contributed by atoms with Gasteiger partial charge in [0.15, 0.2) is 0 Å². The summed E-state index contributed by atoms with van der Waals surface area (Å²) in [5.41, 5.74) is 4.18. The molecule has 162 valence electrons. The largest absolute Gasteiger partial charge is 0.394 e. The molecule has 0 aliphatic rings. The van der Waals surface area contributed by atoms with Crippen LogP contribution in [-0.2, 0) is 4.79 Å². The first-order valence-electron chi connectivity index (χ1n) is 9.56. The third kappa shape index (κ3) is 6.20. The number of hydrogen-bond acceptors (Lipinski definition) is 7. The summed E-state index contributed by atoms with van der Waals surface area (Å²) in [5, 5.41) is 29.7. The number of nitrogens with one attached hydrogen (secondary N) is 2. The molecule has 32 heavy (non-hydrogen) atoms. The molecule has 0 fully saturated rings. The number of amides is 2. The van der Waals surface area contributed by atoms with Gasteiger partial charge in [0.25, 0.3) is 5.91 Å². The fraction of sp³-hybridized carbons (Fsp3) is 0.130. The third-order valence-electron chi connectivity index (χ3n) is 4.28. The first-order valence-corrected chi connectivity index (χ1v) is 9.56. The van der Waals surface area contributed by atoms with E-state index < -0.39 is 24.5 Å². The SMILES string of the molecule is O=C(CC(O)CO)Nc1cc(C(=O)NO)cc(-c2ccc(C#Cc3cccnc3)cc2)n1. The second-order valence-electron chi connectivity index (χ2n) is 6.72. The van der Waals surface area contributed by atoms with Crippen LogP contribution in [0.4, 0.5) is 5.82 Å². The van der Waals surface area contributed by atoms with Gasteiger partial charge in [-0.1, -0.05) is 24.0 Å². The molecule has 1 unspecified atom stereocenters. The lowest BCUT2D eigenvalue weighted by molar-refractivity contribution is -0.118. The topological polar surface area (TPSA) is 145 Å². The Balaban J connectivity index is 1.86. The zero-order valence-corrected chi connectivity index (χ0v) is 16.8. The van der Waals surface area contributed by atoms with Crippen LogP contribution in [0.15, 0.2) is 60.9 Å². The summed E-state index contributed by atoms with van der Waals surface area (Å²) in [5.74, 6) is 4.72. The number of hydroxylamine groups is 1. The zero-order chi connectivity index (χ0) is 22.9. The molecule has 9 heteroatoms. The highest BCUT2D eigenvalue weighted by atomic mass is 16.5. The minimum atomic E-state index is -1.21. The third-order valence-corrected chi connectivity index (χ3v) is 4.28. The Bertz CT molecular complexity index is 1150. The second-order valence-corrected chi connectivity index (χ2v) is 6.72. The molecule has 2 aromatic heterocycles. The van der Waals surface area contributed by atoms with Crippen molar-refractivity contribution in [1.82, 2.24) is 15.4 Å². The van der Waals surface area contributed by atoms with Gasteiger partial charge in [0, 0.05) is 34.6 Å². The molecule has 9 nitrogen and oxygen atoms in total. The Morgan fingerprint density at radius 3 is 2.47 bits per heavy atom. The highest BCUT2D eigenvalue weighted by Crippen LogP contribution is 2.22. The van der Waals surface area contributed by atoms with Crippen molar-refractivity contribution < 1.29 is 25.0 Å². The molecule has 2 amide bonds. The molecule has 1 atom stereocenters. The van der Waals surface area contributed by atoms with Crippen LogP contribution in [-0.4, -0.2) is 49.9 Å². The van der Waals surface area contributed by atoms with E-state index in [4.69, 9.17) is 10.3 Å².